The lowest BCUT2D eigenvalue weighted by Crippen LogP contribution is -2.14. The van der Waals surface area contributed by atoms with E-state index in [1.807, 2.05) is 6.92 Å². The summed E-state index contributed by atoms with van der Waals surface area (Å²) in [7, 11) is -3.93. The summed E-state index contributed by atoms with van der Waals surface area (Å²) in [6.45, 7) is 1.95. The molecule has 0 aliphatic rings. The third-order valence-corrected chi connectivity index (χ3v) is 3.54. The number of hydrogen-bond donors (Lipinski definition) is 2. The monoisotopic (exact) mass is 283 g/mol. The van der Waals surface area contributed by atoms with Crippen LogP contribution in [0.3, 0.4) is 0 Å². The van der Waals surface area contributed by atoms with Crippen molar-refractivity contribution in [2.75, 3.05) is 0 Å². The quantitative estimate of drug-likeness (QED) is 0.852. The van der Waals surface area contributed by atoms with Crippen LogP contribution in [0.15, 0.2) is 32.3 Å². The zero-order chi connectivity index (χ0) is 14.0. The first-order valence-corrected chi connectivity index (χ1v) is 7.18. The molecule has 102 valence electrons. The van der Waals surface area contributed by atoms with Crippen molar-refractivity contribution in [3.8, 4) is 11.5 Å². The average Bonchev–Trinajstić information content (AvgIpc) is 2.74. The maximum atomic E-state index is 11.6. The second-order valence-corrected chi connectivity index (χ2v) is 5.53. The van der Waals surface area contributed by atoms with Gasteiger partial charge in [0.2, 0.25) is 10.0 Å². The SMILES string of the molecule is CCCc1cccc(S(N)(=O)=O)c1-c1n[nH]c(=O)o1. The molecule has 0 saturated heterocycles. The van der Waals surface area contributed by atoms with Gasteiger partial charge in [0.15, 0.2) is 0 Å². The molecule has 0 saturated carbocycles. The van der Waals surface area contributed by atoms with Crippen LogP contribution < -0.4 is 10.9 Å². The number of nitrogens with one attached hydrogen (secondary N) is 1. The van der Waals surface area contributed by atoms with Crippen molar-refractivity contribution in [2.45, 2.75) is 24.7 Å². The fourth-order valence-electron chi connectivity index (χ4n) is 1.87. The van der Waals surface area contributed by atoms with Crippen molar-refractivity contribution >= 4 is 10.0 Å². The van der Waals surface area contributed by atoms with Crippen LogP contribution in [0.1, 0.15) is 18.9 Å². The molecule has 2 rings (SSSR count). The summed E-state index contributed by atoms with van der Waals surface area (Å²) in [6.07, 6.45) is 1.42. The van der Waals surface area contributed by atoms with Crippen LogP contribution in [0.4, 0.5) is 0 Å². The molecule has 0 amide bonds. The Kier molecular flexibility index (Phi) is 3.54. The topological polar surface area (TPSA) is 119 Å². The lowest BCUT2D eigenvalue weighted by atomic mass is 10.0. The fourth-order valence-corrected chi connectivity index (χ4v) is 2.64. The predicted octanol–water partition coefficient (Wildman–Crippen LogP) is 0.630. The Morgan fingerprint density at radius 3 is 2.68 bits per heavy atom. The molecule has 0 atom stereocenters. The van der Waals surface area contributed by atoms with E-state index in [1.54, 1.807) is 12.1 Å². The van der Waals surface area contributed by atoms with E-state index in [0.717, 1.165) is 6.42 Å². The van der Waals surface area contributed by atoms with Crippen molar-refractivity contribution in [2.24, 2.45) is 5.14 Å². The van der Waals surface area contributed by atoms with Gasteiger partial charge in [-0.1, -0.05) is 25.5 Å². The lowest BCUT2D eigenvalue weighted by Gasteiger charge is -2.09. The summed E-state index contributed by atoms with van der Waals surface area (Å²) in [5.41, 5.74) is 0.953. The molecule has 0 spiro atoms. The molecule has 0 aliphatic carbocycles. The Hall–Kier alpha value is -1.93. The van der Waals surface area contributed by atoms with E-state index in [1.165, 1.54) is 6.07 Å². The van der Waals surface area contributed by atoms with Crippen molar-refractivity contribution in [3.63, 3.8) is 0 Å². The van der Waals surface area contributed by atoms with Crippen molar-refractivity contribution < 1.29 is 12.8 Å². The van der Waals surface area contributed by atoms with Gasteiger partial charge < -0.3 is 4.42 Å². The Morgan fingerprint density at radius 1 is 1.42 bits per heavy atom. The van der Waals surface area contributed by atoms with E-state index in [-0.39, 0.29) is 16.3 Å². The second-order valence-electron chi connectivity index (χ2n) is 4.00. The van der Waals surface area contributed by atoms with Crippen LogP contribution in [0.2, 0.25) is 0 Å². The zero-order valence-corrected chi connectivity index (χ0v) is 11.0. The standard InChI is InChI=1S/C11H13N3O4S/c1-2-4-7-5-3-6-8(19(12,16)17)9(7)10-13-14-11(15)18-10/h3,5-6H,2,4H2,1H3,(H,14,15)(H2,12,16,17). The van der Waals surface area contributed by atoms with Crippen molar-refractivity contribution in [3.05, 3.63) is 34.3 Å². The summed E-state index contributed by atoms with van der Waals surface area (Å²) in [5, 5.41) is 11.0. The number of rotatable bonds is 4. The molecule has 1 aromatic carbocycles. The molecule has 3 N–H and O–H groups in total. The third-order valence-electron chi connectivity index (χ3n) is 2.59. The number of aromatic nitrogens is 2. The van der Waals surface area contributed by atoms with Crippen LogP contribution in [0.25, 0.3) is 11.5 Å². The smallest absolute Gasteiger partial charge is 0.388 e. The highest BCUT2D eigenvalue weighted by atomic mass is 32.2. The number of primary sulfonamides is 1. The van der Waals surface area contributed by atoms with Crippen molar-refractivity contribution in [1.82, 2.24) is 10.2 Å². The molecular weight excluding hydrogens is 270 g/mol. The zero-order valence-electron chi connectivity index (χ0n) is 10.2. The molecule has 8 heteroatoms. The fraction of sp³-hybridized carbons (Fsp3) is 0.273. The molecule has 19 heavy (non-hydrogen) atoms. The molecule has 2 aromatic rings. The maximum Gasteiger partial charge on any atom is 0.434 e. The highest BCUT2D eigenvalue weighted by Gasteiger charge is 2.21. The maximum absolute atomic E-state index is 11.6. The predicted molar refractivity (Wildman–Crippen MR) is 67.9 cm³/mol. The minimum atomic E-state index is -3.93. The van der Waals surface area contributed by atoms with Crippen LogP contribution in [0.5, 0.6) is 0 Å². The van der Waals surface area contributed by atoms with E-state index in [0.29, 0.717) is 12.0 Å². The Labute approximate surface area is 109 Å². The van der Waals surface area contributed by atoms with Gasteiger partial charge in [-0.2, -0.15) is 0 Å². The molecule has 1 heterocycles. The van der Waals surface area contributed by atoms with Gasteiger partial charge in [0.05, 0.1) is 10.5 Å². The molecule has 0 unspecified atom stereocenters. The number of H-pyrrole nitrogens is 1. The molecule has 0 fully saturated rings. The largest absolute Gasteiger partial charge is 0.434 e. The van der Waals surface area contributed by atoms with Crippen LogP contribution in [0, 0.1) is 0 Å². The average molecular weight is 283 g/mol. The van der Waals surface area contributed by atoms with E-state index < -0.39 is 15.8 Å². The summed E-state index contributed by atoms with van der Waals surface area (Å²) in [4.78, 5) is 10.9. The number of aromatic amines is 1. The number of aryl methyl sites for hydroxylation is 1. The summed E-state index contributed by atoms with van der Waals surface area (Å²) in [5.74, 6) is -0.820. The number of hydrogen-bond acceptors (Lipinski definition) is 5. The van der Waals surface area contributed by atoms with E-state index in [4.69, 9.17) is 9.56 Å². The van der Waals surface area contributed by atoms with Gasteiger partial charge in [-0.05, 0) is 18.1 Å². The molecule has 0 radical (unpaired) electrons. The van der Waals surface area contributed by atoms with E-state index in [2.05, 4.69) is 10.2 Å². The lowest BCUT2D eigenvalue weighted by molar-refractivity contribution is 0.524. The van der Waals surface area contributed by atoms with Crippen LogP contribution >= 0.6 is 0 Å². The molecule has 7 nitrogen and oxygen atoms in total. The van der Waals surface area contributed by atoms with Crippen LogP contribution in [-0.4, -0.2) is 18.6 Å². The molecule has 0 aliphatic heterocycles. The molecule has 0 bridgehead atoms. The second kappa shape index (κ2) is 4.98. The molecule has 1 aromatic heterocycles. The Morgan fingerprint density at radius 2 is 2.16 bits per heavy atom. The van der Waals surface area contributed by atoms with Gasteiger partial charge in [-0.3, -0.25) is 0 Å². The Balaban J connectivity index is 2.76. The van der Waals surface area contributed by atoms with Gasteiger partial charge in [-0.25, -0.2) is 23.4 Å². The minimum Gasteiger partial charge on any atom is -0.388 e. The van der Waals surface area contributed by atoms with Gasteiger partial charge in [0.1, 0.15) is 0 Å². The highest BCUT2D eigenvalue weighted by molar-refractivity contribution is 7.89. The minimum absolute atomic E-state index is 0.0712. The first-order chi connectivity index (χ1) is 8.93. The summed E-state index contributed by atoms with van der Waals surface area (Å²) >= 11 is 0. The van der Waals surface area contributed by atoms with Gasteiger partial charge in [0.25, 0.3) is 5.89 Å². The number of benzene rings is 1. The highest BCUT2D eigenvalue weighted by Crippen LogP contribution is 2.29. The molecular formula is C11H13N3O4S. The van der Waals surface area contributed by atoms with Gasteiger partial charge >= 0.3 is 5.76 Å². The number of nitrogens with zero attached hydrogens (tertiary/aromatic N) is 1. The Bertz CT molecular complexity index is 745. The van der Waals surface area contributed by atoms with Crippen molar-refractivity contribution in [1.29, 1.82) is 0 Å². The summed E-state index contributed by atoms with van der Waals surface area (Å²) < 4.78 is 28.1. The van der Waals surface area contributed by atoms with E-state index >= 15 is 0 Å². The summed E-state index contributed by atoms with van der Waals surface area (Å²) in [6, 6.07) is 4.71. The van der Waals surface area contributed by atoms with Crippen LogP contribution in [-0.2, 0) is 16.4 Å². The normalized spacial score (nSPS) is 11.7. The first kappa shape index (κ1) is 13.5. The van der Waals surface area contributed by atoms with Gasteiger partial charge in [-0.15, -0.1) is 5.10 Å². The number of sulfonamides is 1. The first-order valence-electron chi connectivity index (χ1n) is 5.64. The van der Waals surface area contributed by atoms with E-state index in [9.17, 15) is 13.2 Å². The number of nitrogens with two attached hydrogens (primary N) is 1. The third kappa shape index (κ3) is 2.74. The van der Waals surface area contributed by atoms with Gasteiger partial charge in [0, 0.05) is 0 Å².